The molecule has 1 aromatic carbocycles. The summed E-state index contributed by atoms with van der Waals surface area (Å²) in [4.78, 5) is 12.1. The number of nitriles is 1. The highest BCUT2D eigenvalue weighted by molar-refractivity contribution is 6.42. The van der Waals surface area contributed by atoms with Crippen LogP contribution in [0.25, 0.3) is 0 Å². The number of nitrogens with zero attached hydrogens (tertiary/aromatic N) is 1. The Morgan fingerprint density at radius 1 is 1.44 bits per heavy atom. The predicted molar refractivity (Wildman–Crippen MR) is 71.5 cm³/mol. The van der Waals surface area contributed by atoms with Gasteiger partial charge in [-0.15, -0.1) is 0 Å². The van der Waals surface area contributed by atoms with Crippen molar-refractivity contribution in [3.8, 4) is 6.07 Å². The van der Waals surface area contributed by atoms with E-state index in [9.17, 15) is 4.79 Å². The standard InChI is InChI=1S/C13H12Cl2N2O/c1-8-5-13(6-8,7-16)12(18)17-9-2-3-10(14)11(15)4-9/h2-4,8H,5-6H2,1H3,(H,17,18). The van der Waals surface area contributed by atoms with Gasteiger partial charge in [-0.2, -0.15) is 5.26 Å². The largest absolute Gasteiger partial charge is 0.325 e. The summed E-state index contributed by atoms with van der Waals surface area (Å²) in [6.07, 6.45) is 1.22. The molecule has 2 rings (SSSR count). The molecule has 1 amide bonds. The van der Waals surface area contributed by atoms with Gasteiger partial charge < -0.3 is 5.32 Å². The maximum Gasteiger partial charge on any atom is 0.244 e. The summed E-state index contributed by atoms with van der Waals surface area (Å²) < 4.78 is 0. The molecule has 1 aromatic rings. The van der Waals surface area contributed by atoms with Crippen LogP contribution in [0.3, 0.4) is 0 Å². The molecular weight excluding hydrogens is 271 g/mol. The fourth-order valence-corrected chi connectivity index (χ4v) is 2.58. The minimum Gasteiger partial charge on any atom is -0.325 e. The lowest BCUT2D eigenvalue weighted by atomic mass is 9.63. The van der Waals surface area contributed by atoms with Crippen molar-refractivity contribution in [2.45, 2.75) is 19.8 Å². The topological polar surface area (TPSA) is 52.9 Å². The molecule has 18 heavy (non-hydrogen) atoms. The molecule has 3 nitrogen and oxygen atoms in total. The van der Waals surface area contributed by atoms with Gasteiger partial charge in [-0.1, -0.05) is 30.1 Å². The maximum atomic E-state index is 12.1. The van der Waals surface area contributed by atoms with E-state index in [-0.39, 0.29) is 5.91 Å². The van der Waals surface area contributed by atoms with Gasteiger partial charge in [-0.25, -0.2) is 0 Å². The Labute approximate surface area is 116 Å². The third kappa shape index (κ3) is 2.31. The van der Waals surface area contributed by atoms with Gasteiger partial charge in [-0.3, -0.25) is 4.79 Å². The summed E-state index contributed by atoms with van der Waals surface area (Å²) in [6.45, 7) is 2.03. The molecule has 0 aromatic heterocycles. The van der Waals surface area contributed by atoms with Crippen molar-refractivity contribution in [3.05, 3.63) is 28.2 Å². The molecule has 0 unspecified atom stereocenters. The van der Waals surface area contributed by atoms with Gasteiger partial charge in [0.25, 0.3) is 0 Å². The van der Waals surface area contributed by atoms with Gasteiger partial charge in [-0.05, 0) is 37.0 Å². The fraction of sp³-hybridized carbons (Fsp3) is 0.385. The van der Waals surface area contributed by atoms with E-state index in [0.29, 0.717) is 34.5 Å². The summed E-state index contributed by atoms with van der Waals surface area (Å²) in [5.74, 6) is 0.158. The van der Waals surface area contributed by atoms with E-state index in [1.807, 2.05) is 6.92 Å². The van der Waals surface area contributed by atoms with Crippen LogP contribution in [0.2, 0.25) is 10.0 Å². The van der Waals surface area contributed by atoms with Crippen LogP contribution < -0.4 is 5.32 Å². The molecule has 1 aliphatic carbocycles. The second-order valence-electron chi connectivity index (χ2n) is 4.79. The van der Waals surface area contributed by atoms with Crippen LogP contribution in [0.15, 0.2) is 18.2 Å². The summed E-state index contributed by atoms with van der Waals surface area (Å²) in [7, 11) is 0. The Hall–Kier alpha value is -1.24. The molecule has 1 saturated carbocycles. The molecule has 0 heterocycles. The van der Waals surface area contributed by atoms with E-state index in [2.05, 4.69) is 11.4 Å². The first-order valence-electron chi connectivity index (χ1n) is 5.64. The Morgan fingerprint density at radius 3 is 2.61 bits per heavy atom. The van der Waals surface area contributed by atoms with Crippen molar-refractivity contribution in [2.24, 2.45) is 11.3 Å². The molecule has 0 bridgehead atoms. The minimum atomic E-state index is -0.883. The van der Waals surface area contributed by atoms with Crippen LogP contribution in [0.1, 0.15) is 19.8 Å². The van der Waals surface area contributed by atoms with Crippen LogP contribution in [-0.4, -0.2) is 5.91 Å². The van der Waals surface area contributed by atoms with Crippen LogP contribution in [0.5, 0.6) is 0 Å². The van der Waals surface area contributed by atoms with Gasteiger partial charge >= 0.3 is 0 Å². The first kappa shape index (κ1) is 13.2. The number of carbonyl (C=O) groups excluding carboxylic acids is 1. The number of halogens is 2. The Bertz CT molecular complexity index is 530. The van der Waals surface area contributed by atoms with Crippen molar-refractivity contribution in [1.29, 1.82) is 5.26 Å². The molecule has 0 atom stereocenters. The lowest BCUT2D eigenvalue weighted by Gasteiger charge is -2.39. The number of anilines is 1. The van der Waals surface area contributed by atoms with Gasteiger partial charge in [0.15, 0.2) is 0 Å². The van der Waals surface area contributed by atoms with Crippen molar-refractivity contribution in [2.75, 3.05) is 5.32 Å². The lowest BCUT2D eigenvalue weighted by molar-refractivity contribution is -0.128. The SMILES string of the molecule is CC1CC(C#N)(C(=O)Nc2ccc(Cl)c(Cl)c2)C1. The van der Waals surface area contributed by atoms with E-state index in [0.717, 1.165) is 0 Å². The van der Waals surface area contributed by atoms with Crippen molar-refractivity contribution < 1.29 is 4.79 Å². The monoisotopic (exact) mass is 282 g/mol. The van der Waals surface area contributed by atoms with E-state index in [1.54, 1.807) is 18.2 Å². The molecule has 1 N–H and O–H groups in total. The van der Waals surface area contributed by atoms with Crippen LogP contribution in [-0.2, 0) is 4.79 Å². The van der Waals surface area contributed by atoms with E-state index in [1.165, 1.54) is 0 Å². The van der Waals surface area contributed by atoms with Crippen LogP contribution >= 0.6 is 23.2 Å². The third-order valence-electron chi connectivity index (χ3n) is 3.22. The third-order valence-corrected chi connectivity index (χ3v) is 3.96. The highest BCUT2D eigenvalue weighted by Crippen LogP contribution is 2.45. The number of hydrogen-bond acceptors (Lipinski definition) is 2. The van der Waals surface area contributed by atoms with Gasteiger partial charge in [0, 0.05) is 5.69 Å². The summed E-state index contributed by atoms with van der Waals surface area (Å²) in [5, 5.41) is 12.7. The average molecular weight is 283 g/mol. The van der Waals surface area contributed by atoms with Gasteiger partial charge in [0.05, 0.1) is 16.1 Å². The van der Waals surface area contributed by atoms with Gasteiger partial charge in [0.1, 0.15) is 5.41 Å². The summed E-state index contributed by atoms with van der Waals surface area (Å²) in [6, 6.07) is 6.98. The summed E-state index contributed by atoms with van der Waals surface area (Å²) >= 11 is 11.7. The number of hydrogen-bond donors (Lipinski definition) is 1. The highest BCUT2D eigenvalue weighted by Gasteiger charge is 2.48. The van der Waals surface area contributed by atoms with Gasteiger partial charge in [0.2, 0.25) is 5.91 Å². The lowest BCUT2D eigenvalue weighted by Crippen LogP contribution is -2.45. The van der Waals surface area contributed by atoms with E-state index >= 15 is 0 Å². The molecule has 0 radical (unpaired) electrons. The Kier molecular flexibility index (Phi) is 3.52. The number of benzene rings is 1. The van der Waals surface area contributed by atoms with E-state index in [4.69, 9.17) is 28.5 Å². The van der Waals surface area contributed by atoms with Crippen molar-refractivity contribution >= 4 is 34.8 Å². The number of nitrogens with one attached hydrogen (secondary N) is 1. The zero-order valence-electron chi connectivity index (χ0n) is 9.84. The first-order valence-corrected chi connectivity index (χ1v) is 6.40. The quantitative estimate of drug-likeness (QED) is 0.895. The Morgan fingerprint density at radius 2 is 2.11 bits per heavy atom. The molecule has 94 valence electrons. The maximum absolute atomic E-state index is 12.1. The van der Waals surface area contributed by atoms with Crippen molar-refractivity contribution in [1.82, 2.24) is 0 Å². The molecule has 1 aliphatic rings. The molecular formula is C13H12Cl2N2O. The second-order valence-corrected chi connectivity index (χ2v) is 5.60. The smallest absolute Gasteiger partial charge is 0.244 e. The number of rotatable bonds is 2. The average Bonchev–Trinajstić information content (AvgIpc) is 2.29. The predicted octanol–water partition coefficient (Wildman–Crippen LogP) is 3.87. The molecule has 5 heteroatoms. The first-order chi connectivity index (χ1) is 8.47. The zero-order valence-corrected chi connectivity index (χ0v) is 11.3. The Balaban J connectivity index is 2.12. The highest BCUT2D eigenvalue weighted by atomic mass is 35.5. The molecule has 0 saturated heterocycles. The van der Waals surface area contributed by atoms with Crippen molar-refractivity contribution in [3.63, 3.8) is 0 Å². The normalized spacial score (nSPS) is 26.0. The summed E-state index contributed by atoms with van der Waals surface area (Å²) in [5.41, 5.74) is -0.325. The molecule has 0 spiro atoms. The minimum absolute atomic E-state index is 0.263. The molecule has 0 aliphatic heterocycles. The van der Waals surface area contributed by atoms with Crippen LogP contribution in [0, 0.1) is 22.7 Å². The second kappa shape index (κ2) is 4.79. The van der Waals surface area contributed by atoms with E-state index < -0.39 is 5.41 Å². The van der Waals surface area contributed by atoms with Crippen LogP contribution in [0.4, 0.5) is 5.69 Å². The fourth-order valence-electron chi connectivity index (χ4n) is 2.28. The zero-order chi connectivity index (χ0) is 13.3. The number of carbonyl (C=O) groups is 1. The number of amides is 1. The molecule has 1 fully saturated rings.